The van der Waals surface area contributed by atoms with E-state index >= 15 is 0 Å². The zero-order valence-electron chi connectivity index (χ0n) is 9.21. The summed E-state index contributed by atoms with van der Waals surface area (Å²) in [5, 5.41) is 12.5. The lowest BCUT2D eigenvalue weighted by atomic mass is 10.1. The smallest absolute Gasteiger partial charge is 0.101 e. The molecule has 0 atom stereocenters. The molecule has 0 amide bonds. The van der Waals surface area contributed by atoms with E-state index in [4.69, 9.17) is 5.21 Å². The van der Waals surface area contributed by atoms with Crippen LogP contribution in [0.1, 0.15) is 12.0 Å². The molecule has 84 valence electrons. The maximum atomic E-state index is 9.05. The summed E-state index contributed by atoms with van der Waals surface area (Å²) in [4.78, 5) is 2.27. The fraction of sp³-hybridized carbons (Fsp3) is 0.308. The first-order chi connectivity index (χ1) is 7.90. The van der Waals surface area contributed by atoms with Crippen molar-refractivity contribution in [3.05, 3.63) is 48.0 Å². The van der Waals surface area contributed by atoms with Gasteiger partial charge in [0.2, 0.25) is 0 Å². The summed E-state index contributed by atoms with van der Waals surface area (Å²) < 4.78 is 0. The molecule has 2 rings (SSSR count). The third-order valence-electron chi connectivity index (χ3n) is 2.74. The van der Waals surface area contributed by atoms with E-state index in [0.29, 0.717) is 6.54 Å². The molecule has 1 aliphatic rings. The van der Waals surface area contributed by atoms with Crippen LogP contribution in [0, 0.1) is 0 Å². The van der Waals surface area contributed by atoms with Crippen LogP contribution in [0.15, 0.2) is 47.6 Å². The predicted molar refractivity (Wildman–Crippen MR) is 65.0 cm³/mol. The number of hydrogen-bond donors (Lipinski definition) is 1. The Hall–Kier alpha value is -1.61. The highest BCUT2D eigenvalue weighted by atomic mass is 16.4. The molecule has 1 aliphatic heterocycles. The Morgan fingerprint density at radius 1 is 1.25 bits per heavy atom. The molecular weight excluding hydrogens is 200 g/mol. The minimum Gasteiger partial charge on any atom is -0.411 e. The molecule has 0 fully saturated rings. The molecule has 0 saturated heterocycles. The third kappa shape index (κ3) is 2.70. The molecule has 1 N–H and O–H groups in total. The molecule has 1 aromatic rings. The molecule has 0 saturated carbocycles. The molecule has 0 unspecified atom stereocenters. The van der Waals surface area contributed by atoms with Crippen LogP contribution < -0.4 is 0 Å². The Balaban J connectivity index is 2.04. The number of nitrogens with zero attached hydrogens (tertiary/aromatic N) is 2. The van der Waals surface area contributed by atoms with E-state index in [2.05, 4.69) is 22.2 Å². The van der Waals surface area contributed by atoms with Crippen molar-refractivity contribution in [3.8, 4) is 0 Å². The van der Waals surface area contributed by atoms with Gasteiger partial charge in [0.25, 0.3) is 0 Å². The van der Waals surface area contributed by atoms with E-state index in [0.717, 1.165) is 30.8 Å². The monoisotopic (exact) mass is 216 g/mol. The summed E-state index contributed by atoms with van der Waals surface area (Å²) in [6.45, 7) is 2.67. The first-order valence-corrected chi connectivity index (χ1v) is 5.54. The van der Waals surface area contributed by atoms with Gasteiger partial charge in [-0.1, -0.05) is 47.6 Å². The summed E-state index contributed by atoms with van der Waals surface area (Å²) in [6, 6.07) is 9.80. The zero-order valence-corrected chi connectivity index (χ0v) is 9.21. The number of hydrogen-bond acceptors (Lipinski definition) is 3. The van der Waals surface area contributed by atoms with E-state index < -0.39 is 0 Å². The average Bonchev–Trinajstić information content (AvgIpc) is 2.38. The topological polar surface area (TPSA) is 35.8 Å². The lowest BCUT2D eigenvalue weighted by Crippen LogP contribution is -2.33. The summed E-state index contributed by atoms with van der Waals surface area (Å²) in [5.41, 5.74) is 1.72. The van der Waals surface area contributed by atoms with E-state index in [1.165, 1.54) is 0 Å². The lowest BCUT2D eigenvalue weighted by Gasteiger charge is -2.23. The molecule has 16 heavy (non-hydrogen) atoms. The van der Waals surface area contributed by atoms with Crippen LogP contribution in [0.4, 0.5) is 0 Å². The fourth-order valence-corrected chi connectivity index (χ4v) is 1.86. The van der Waals surface area contributed by atoms with Crippen molar-refractivity contribution in [2.45, 2.75) is 6.42 Å². The second kappa shape index (κ2) is 5.47. The van der Waals surface area contributed by atoms with Gasteiger partial charge in [-0.15, -0.1) is 0 Å². The van der Waals surface area contributed by atoms with Crippen molar-refractivity contribution in [2.75, 3.05) is 19.6 Å². The van der Waals surface area contributed by atoms with Crippen molar-refractivity contribution in [3.63, 3.8) is 0 Å². The van der Waals surface area contributed by atoms with E-state index in [1.807, 2.05) is 30.3 Å². The highest BCUT2D eigenvalue weighted by molar-refractivity contribution is 6.01. The van der Waals surface area contributed by atoms with Crippen LogP contribution in [-0.2, 0) is 0 Å². The van der Waals surface area contributed by atoms with Crippen LogP contribution in [0.3, 0.4) is 0 Å². The van der Waals surface area contributed by atoms with Crippen molar-refractivity contribution in [2.24, 2.45) is 5.16 Å². The van der Waals surface area contributed by atoms with Crippen molar-refractivity contribution in [1.82, 2.24) is 4.90 Å². The van der Waals surface area contributed by atoms with E-state index in [-0.39, 0.29) is 0 Å². The van der Waals surface area contributed by atoms with Gasteiger partial charge in [0.05, 0.1) is 0 Å². The number of rotatable bonds is 3. The normalized spacial score (nSPS) is 17.6. The molecule has 0 bridgehead atoms. The lowest BCUT2D eigenvalue weighted by molar-refractivity contribution is 0.304. The van der Waals surface area contributed by atoms with E-state index in [1.54, 1.807) is 0 Å². The molecule has 0 radical (unpaired) electrons. The van der Waals surface area contributed by atoms with Gasteiger partial charge in [-0.3, -0.25) is 4.90 Å². The highest BCUT2D eigenvalue weighted by Crippen LogP contribution is 2.06. The standard InChI is InChI=1S/C13H16N2O/c16-14-13(12-7-3-1-4-8-12)11-15-9-5-2-6-10-15/h1-5,7-8,16H,6,9-11H2/b14-13+. The maximum absolute atomic E-state index is 9.05. The predicted octanol–water partition coefficient (Wildman–Crippen LogP) is 2.13. The second-order valence-electron chi connectivity index (χ2n) is 3.91. The molecule has 1 heterocycles. The Kier molecular flexibility index (Phi) is 3.72. The van der Waals surface area contributed by atoms with Crippen LogP contribution in [0.25, 0.3) is 0 Å². The molecule has 0 aliphatic carbocycles. The van der Waals surface area contributed by atoms with Gasteiger partial charge in [0.15, 0.2) is 0 Å². The van der Waals surface area contributed by atoms with Gasteiger partial charge in [-0.05, 0) is 6.42 Å². The summed E-state index contributed by atoms with van der Waals surface area (Å²) >= 11 is 0. The Morgan fingerprint density at radius 3 is 2.69 bits per heavy atom. The highest BCUT2D eigenvalue weighted by Gasteiger charge is 2.11. The van der Waals surface area contributed by atoms with Gasteiger partial charge < -0.3 is 5.21 Å². The van der Waals surface area contributed by atoms with Gasteiger partial charge in [0, 0.05) is 25.2 Å². The quantitative estimate of drug-likeness (QED) is 0.363. The molecule has 1 aromatic carbocycles. The molecule has 3 nitrogen and oxygen atoms in total. The van der Waals surface area contributed by atoms with Crippen LogP contribution in [-0.4, -0.2) is 35.5 Å². The SMILES string of the molecule is O/N=C(\CN1CC=CCC1)c1ccccc1. The Morgan fingerprint density at radius 2 is 2.06 bits per heavy atom. The minimum absolute atomic E-state index is 0.699. The number of benzene rings is 1. The molecule has 0 aromatic heterocycles. The minimum atomic E-state index is 0.699. The first kappa shape index (κ1) is 10.9. The maximum Gasteiger partial charge on any atom is 0.101 e. The Labute approximate surface area is 95.7 Å². The fourth-order valence-electron chi connectivity index (χ4n) is 1.86. The van der Waals surface area contributed by atoms with Crippen LogP contribution >= 0.6 is 0 Å². The first-order valence-electron chi connectivity index (χ1n) is 5.54. The van der Waals surface area contributed by atoms with Crippen molar-refractivity contribution in [1.29, 1.82) is 0 Å². The summed E-state index contributed by atoms with van der Waals surface area (Å²) in [5.74, 6) is 0. The molecule has 0 spiro atoms. The van der Waals surface area contributed by atoms with Gasteiger partial charge in [0.1, 0.15) is 5.71 Å². The third-order valence-corrected chi connectivity index (χ3v) is 2.74. The van der Waals surface area contributed by atoms with E-state index in [9.17, 15) is 0 Å². The Bertz CT molecular complexity index is 384. The van der Waals surface area contributed by atoms with Crippen molar-refractivity contribution >= 4 is 5.71 Å². The molecular formula is C13H16N2O. The van der Waals surface area contributed by atoms with Gasteiger partial charge in [-0.2, -0.15) is 0 Å². The van der Waals surface area contributed by atoms with Gasteiger partial charge in [-0.25, -0.2) is 0 Å². The average molecular weight is 216 g/mol. The molecule has 3 heteroatoms. The largest absolute Gasteiger partial charge is 0.411 e. The van der Waals surface area contributed by atoms with Crippen molar-refractivity contribution < 1.29 is 5.21 Å². The number of oxime groups is 1. The second-order valence-corrected chi connectivity index (χ2v) is 3.91. The summed E-state index contributed by atoms with van der Waals surface area (Å²) in [6.07, 6.45) is 5.42. The van der Waals surface area contributed by atoms with Crippen LogP contribution in [0.5, 0.6) is 0 Å². The zero-order chi connectivity index (χ0) is 11.2. The van der Waals surface area contributed by atoms with Crippen LogP contribution in [0.2, 0.25) is 0 Å². The van der Waals surface area contributed by atoms with Gasteiger partial charge >= 0.3 is 0 Å². The summed E-state index contributed by atoms with van der Waals surface area (Å²) in [7, 11) is 0.